The Balaban J connectivity index is 2.00. The molecule has 4 nitrogen and oxygen atoms in total. The highest BCUT2D eigenvalue weighted by Crippen LogP contribution is 2.50. The van der Waals surface area contributed by atoms with Gasteiger partial charge in [-0.15, -0.1) is 0 Å². The van der Waals surface area contributed by atoms with Crippen LogP contribution in [0.25, 0.3) is 0 Å². The van der Waals surface area contributed by atoms with Crippen molar-refractivity contribution in [3.8, 4) is 0 Å². The highest BCUT2D eigenvalue weighted by atomic mass is 32.2. The standard InChI is InChI=1S/C6H11FN2O2S/c7-5-1-2-6(5)3-9(4-6)12(8,10)11/h5H,1-4H2,(H2,8,10,11). The maximum absolute atomic E-state index is 12.9. The van der Waals surface area contributed by atoms with Gasteiger partial charge in [-0.1, -0.05) is 0 Å². The zero-order valence-corrected chi connectivity index (χ0v) is 7.35. The van der Waals surface area contributed by atoms with Gasteiger partial charge in [-0.25, -0.2) is 9.53 Å². The number of rotatable bonds is 1. The lowest BCUT2D eigenvalue weighted by Gasteiger charge is -2.56. The van der Waals surface area contributed by atoms with Crippen LogP contribution in [0.3, 0.4) is 0 Å². The summed E-state index contributed by atoms with van der Waals surface area (Å²) in [6, 6.07) is 0. The summed E-state index contributed by atoms with van der Waals surface area (Å²) in [5.74, 6) is 0. The van der Waals surface area contributed by atoms with Crippen molar-refractivity contribution in [2.45, 2.75) is 19.0 Å². The van der Waals surface area contributed by atoms with Crippen molar-refractivity contribution in [3.63, 3.8) is 0 Å². The molecule has 2 aliphatic rings. The molecule has 1 saturated heterocycles. The number of hydrogen-bond acceptors (Lipinski definition) is 2. The lowest BCUT2D eigenvalue weighted by atomic mass is 9.63. The van der Waals surface area contributed by atoms with Gasteiger partial charge in [0.1, 0.15) is 6.17 Å². The number of alkyl halides is 1. The molecule has 6 heteroatoms. The minimum absolute atomic E-state index is 0.271. The normalized spacial score (nSPS) is 34.3. The van der Waals surface area contributed by atoms with Gasteiger partial charge in [0.2, 0.25) is 0 Å². The number of nitrogens with zero attached hydrogens (tertiary/aromatic N) is 1. The van der Waals surface area contributed by atoms with E-state index in [0.717, 1.165) is 10.7 Å². The van der Waals surface area contributed by atoms with Crippen LogP contribution in [-0.2, 0) is 10.2 Å². The number of nitrogens with two attached hydrogens (primary N) is 1. The number of hydrogen-bond donors (Lipinski definition) is 1. The zero-order valence-electron chi connectivity index (χ0n) is 6.53. The Morgan fingerprint density at radius 1 is 1.50 bits per heavy atom. The Morgan fingerprint density at radius 2 is 2.08 bits per heavy atom. The minimum atomic E-state index is -3.57. The second-order valence-corrected chi connectivity index (χ2v) is 5.23. The van der Waals surface area contributed by atoms with Gasteiger partial charge in [0.15, 0.2) is 0 Å². The summed E-state index contributed by atoms with van der Waals surface area (Å²) in [5, 5.41) is 4.86. The van der Waals surface area contributed by atoms with Crippen LogP contribution in [-0.4, -0.2) is 32.0 Å². The Labute approximate surface area is 70.7 Å². The first-order valence-electron chi connectivity index (χ1n) is 3.86. The summed E-state index contributed by atoms with van der Waals surface area (Å²) in [6.45, 7) is 0.542. The molecule has 1 unspecified atom stereocenters. The van der Waals surface area contributed by atoms with Gasteiger partial charge in [0, 0.05) is 18.5 Å². The molecule has 0 aromatic carbocycles. The lowest BCUT2D eigenvalue weighted by molar-refractivity contribution is -0.0892. The fourth-order valence-electron chi connectivity index (χ4n) is 1.85. The molecule has 0 bridgehead atoms. The summed E-state index contributed by atoms with van der Waals surface area (Å²) >= 11 is 0. The predicted octanol–water partition coefficient (Wildman–Crippen LogP) is -0.376. The third-order valence-electron chi connectivity index (χ3n) is 2.90. The van der Waals surface area contributed by atoms with Crippen molar-refractivity contribution in [3.05, 3.63) is 0 Å². The molecule has 1 saturated carbocycles. The van der Waals surface area contributed by atoms with Gasteiger partial charge >= 0.3 is 0 Å². The highest BCUT2D eigenvalue weighted by Gasteiger charge is 2.57. The molecule has 0 aromatic heterocycles. The van der Waals surface area contributed by atoms with Gasteiger partial charge < -0.3 is 0 Å². The molecular weight excluding hydrogens is 183 g/mol. The van der Waals surface area contributed by atoms with Crippen LogP contribution in [0, 0.1) is 5.41 Å². The van der Waals surface area contributed by atoms with Crippen LogP contribution in [0.2, 0.25) is 0 Å². The summed E-state index contributed by atoms with van der Waals surface area (Å²) in [6.07, 6.45) is 0.536. The van der Waals surface area contributed by atoms with Crippen molar-refractivity contribution in [1.82, 2.24) is 4.31 Å². The van der Waals surface area contributed by atoms with E-state index < -0.39 is 16.4 Å². The summed E-state index contributed by atoms with van der Waals surface area (Å²) < 4.78 is 35.5. The maximum atomic E-state index is 12.9. The molecule has 2 N–H and O–H groups in total. The van der Waals surface area contributed by atoms with Gasteiger partial charge in [-0.2, -0.15) is 12.7 Å². The van der Waals surface area contributed by atoms with Crippen molar-refractivity contribution in [2.24, 2.45) is 10.6 Å². The molecule has 2 fully saturated rings. The van der Waals surface area contributed by atoms with E-state index in [1.807, 2.05) is 0 Å². The lowest BCUT2D eigenvalue weighted by Crippen LogP contribution is -2.67. The number of halogens is 1. The Hall–Kier alpha value is -0.200. The molecule has 1 atom stereocenters. The third kappa shape index (κ3) is 0.982. The van der Waals surface area contributed by atoms with Crippen LogP contribution >= 0.6 is 0 Å². The molecule has 1 spiro atoms. The largest absolute Gasteiger partial charge is 0.276 e. The molecule has 0 aromatic rings. The molecule has 0 amide bonds. The minimum Gasteiger partial charge on any atom is -0.247 e. The van der Waals surface area contributed by atoms with Crippen LogP contribution < -0.4 is 5.14 Å². The van der Waals surface area contributed by atoms with E-state index in [9.17, 15) is 12.8 Å². The SMILES string of the molecule is NS(=O)(=O)N1CC2(CCC2F)C1. The van der Waals surface area contributed by atoms with Crippen LogP contribution in [0.5, 0.6) is 0 Å². The van der Waals surface area contributed by atoms with E-state index in [2.05, 4.69) is 0 Å². The summed E-state index contributed by atoms with van der Waals surface area (Å²) in [4.78, 5) is 0. The van der Waals surface area contributed by atoms with Crippen molar-refractivity contribution in [2.75, 3.05) is 13.1 Å². The monoisotopic (exact) mass is 194 g/mol. The molecule has 12 heavy (non-hydrogen) atoms. The average Bonchev–Trinajstić information content (AvgIpc) is 1.78. The van der Waals surface area contributed by atoms with E-state index in [4.69, 9.17) is 5.14 Å². The fraction of sp³-hybridized carbons (Fsp3) is 1.00. The summed E-state index contributed by atoms with van der Waals surface area (Å²) in [7, 11) is -3.57. The van der Waals surface area contributed by atoms with Crippen LogP contribution in [0.4, 0.5) is 4.39 Å². The molecule has 70 valence electrons. The van der Waals surface area contributed by atoms with E-state index in [0.29, 0.717) is 6.42 Å². The predicted molar refractivity (Wildman–Crippen MR) is 41.2 cm³/mol. The van der Waals surface area contributed by atoms with E-state index in [-0.39, 0.29) is 18.5 Å². The van der Waals surface area contributed by atoms with Crippen LogP contribution in [0.1, 0.15) is 12.8 Å². The smallest absolute Gasteiger partial charge is 0.247 e. The molecule has 0 radical (unpaired) electrons. The maximum Gasteiger partial charge on any atom is 0.276 e. The van der Waals surface area contributed by atoms with Gasteiger partial charge in [0.05, 0.1) is 0 Å². The first-order valence-corrected chi connectivity index (χ1v) is 5.36. The molecule has 1 aliphatic heterocycles. The highest BCUT2D eigenvalue weighted by molar-refractivity contribution is 7.86. The first kappa shape index (κ1) is 8.40. The van der Waals surface area contributed by atoms with Crippen molar-refractivity contribution >= 4 is 10.2 Å². The van der Waals surface area contributed by atoms with Crippen molar-refractivity contribution in [1.29, 1.82) is 0 Å². The second kappa shape index (κ2) is 2.18. The Kier molecular flexibility index (Phi) is 1.53. The average molecular weight is 194 g/mol. The van der Waals surface area contributed by atoms with Gasteiger partial charge in [-0.3, -0.25) is 0 Å². The molecule has 1 heterocycles. The second-order valence-electron chi connectivity index (χ2n) is 3.68. The van der Waals surface area contributed by atoms with E-state index >= 15 is 0 Å². The quantitative estimate of drug-likeness (QED) is 0.618. The fourth-order valence-corrected chi connectivity index (χ4v) is 2.73. The summed E-state index contributed by atoms with van der Waals surface area (Å²) in [5.41, 5.74) is -0.369. The Morgan fingerprint density at radius 3 is 2.33 bits per heavy atom. The first-order chi connectivity index (χ1) is 5.44. The van der Waals surface area contributed by atoms with E-state index in [1.165, 1.54) is 0 Å². The van der Waals surface area contributed by atoms with Crippen molar-refractivity contribution < 1.29 is 12.8 Å². The third-order valence-corrected chi connectivity index (χ3v) is 3.88. The van der Waals surface area contributed by atoms with Gasteiger partial charge in [0.25, 0.3) is 10.2 Å². The molecule has 1 aliphatic carbocycles. The molecular formula is C6H11FN2O2S. The molecule has 2 rings (SSSR count). The van der Waals surface area contributed by atoms with Crippen LogP contribution in [0.15, 0.2) is 0 Å². The topological polar surface area (TPSA) is 63.4 Å². The zero-order chi connectivity index (χ0) is 8.98. The van der Waals surface area contributed by atoms with Gasteiger partial charge in [-0.05, 0) is 12.8 Å². The Bertz CT molecular complexity index is 297. The van der Waals surface area contributed by atoms with E-state index in [1.54, 1.807) is 0 Å².